The number of hydrogen-bond donors (Lipinski definition) is 1. The fourth-order valence-electron chi connectivity index (χ4n) is 3.59. The molecule has 0 amide bonds. The van der Waals surface area contributed by atoms with E-state index in [9.17, 15) is 0 Å². The summed E-state index contributed by atoms with van der Waals surface area (Å²) in [6.07, 6.45) is 5.77. The Hall–Kier alpha value is -0.820. The topological polar surface area (TPSA) is 12.0 Å². The highest BCUT2D eigenvalue weighted by atomic mass is 14.9. The molecule has 0 saturated heterocycles. The highest BCUT2D eigenvalue weighted by Gasteiger charge is 2.60. The summed E-state index contributed by atoms with van der Waals surface area (Å²) in [6, 6.07) is 9.18. The largest absolute Gasteiger partial charge is 0.319 e. The number of nitrogens with one attached hydrogen (secondary N) is 1. The van der Waals surface area contributed by atoms with Gasteiger partial charge in [0.2, 0.25) is 0 Å². The maximum atomic E-state index is 3.39. The molecule has 0 aromatic heterocycles. The number of aryl methyl sites for hydroxylation is 1. The Morgan fingerprint density at radius 2 is 1.75 bits per heavy atom. The van der Waals surface area contributed by atoms with Gasteiger partial charge in [-0.1, -0.05) is 29.8 Å². The zero-order valence-electron chi connectivity index (χ0n) is 10.3. The number of benzene rings is 1. The highest BCUT2D eigenvalue weighted by Crippen LogP contribution is 2.68. The van der Waals surface area contributed by atoms with Crippen LogP contribution in [0.1, 0.15) is 36.8 Å². The number of hydrogen-bond acceptors (Lipinski definition) is 1. The third kappa shape index (κ3) is 1.49. The predicted molar refractivity (Wildman–Crippen MR) is 67.7 cm³/mol. The van der Waals surface area contributed by atoms with Crippen molar-refractivity contribution < 1.29 is 0 Å². The van der Waals surface area contributed by atoms with Gasteiger partial charge in [-0.3, -0.25) is 0 Å². The summed E-state index contributed by atoms with van der Waals surface area (Å²) < 4.78 is 0. The summed E-state index contributed by atoms with van der Waals surface area (Å²) >= 11 is 0. The maximum absolute atomic E-state index is 3.39. The van der Waals surface area contributed by atoms with Crippen LogP contribution in [0.25, 0.3) is 0 Å². The molecule has 2 fully saturated rings. The summed E-state index contributed by atoms with van der Waals surface area (Å²) in [4.78, 5) is 0. The van der Waals surface area contributed by atoms with Crippen LogP contribution in [0.5, 0.6) is 0 Å². The highest BCUT2D eigenvalue weighted by molar-refractivity contribution is 5.35. The molecule has 2 aliphatic carbocycles. The van der Waals surface area contributed by atoms with E-state index in [1.165, 1.54) is 31.2 Å². The zero-order chi connectivity index (χ0) is 11.2. The fourth-order valence-corrected chi connectivity index (χ4v) is 3.59. The molecule has 0 heterocycles. The summed E-state index contributed by atoms with van der Waals surface area (Å²) in [5, 5.41) is 3.39. The molecule has 1 spiro atoms. The number of likely N-dealkylation sites (N-methyl/N-ethyl adjacent to an activating group) is 1. The van der Waals surface area contributed by atoms with Crippen molar-refractivity contribution in [3.05, 3.63) is 35.4 Å². The minimum Gasteiger partial charge on any atom is -0.319 e. The first kappa shape index (κ1) is 10.3. The van der Waals surface area contributed by atoms with Crippen molar-refractivity contribution in [1.82, 2.24) is 5.32 Å². The molecule has 3 rings (SSSR count). The normalized spacial score (nSPS) is 24.1. The van der Waals surface area contributed by atoms with Crippen LogP contribution in [0.15, 0.2) is 24.3 Å². The van der Waals surface area contributed by atoms with Crippen molar-refractivity contribution in [3.8, 4) is 0 Å². The lowest BCUT2D eigenvalue weighted by molar-refractivity contribution is 0.118. The Labute approximate surface area is 98.3 Å². The lowest BCUT2D eigenvalue weighted by Gasteiger charge is -2.49. The van der Waals surface area contributed by atoms with Crippen LogP contribution in [0.2, 0.25) is 0 Å². The van der Waals surface area contributed by atoms with Gasteiger partial charge in [0.1, 0.15) is 0 Å². The SMILES string of the molecule is CNCC1(c2ccc(C)cc2)CC2(CC2)C1. The molecule has 1 nitrogen and oxygen atoms in total. The minimum absolute atomic E-state index is 0.443. The van der Waals surface area contributed by atoms with E-state index in [0.29, 0.717) is 5.41 Å². The zero-order valence-corrected chi connectivity index (χ0v) is 10.3. The van der Waals surface area contributed by atoms with E-state index in [0.717, 1.165) is 12.0 Å². The summed E-state index contributed by atoms with van der Waals surface area (Å²) in [5.74, 6) is 0. The van der Waals surface area contributed by atoms with Crippen LogP contribution in [0.4, 0.5) is 0 Å². The quantitative estimate of drug-likeness (QED) is 0.817. The van der Waals surface area contributed by atoms with Crippen LogP contribution in [0.3, 0.4) is 0 Å². The Bertz CT molecular complexity index is 378. The smallest absolute Gasteiger partial charge is 0.00882 e. The molecule has 0 aliphatic heterocycles. The third-order valence-corrected chi connectivity index (χ3v) is 4.56. The molecule has 1 aromatic carbocycles. The standard InChI is InChI=1S/C15H21N/c1-12-3-5-13(6-4-12)15(11-16-2)9-14(10-15)7-8-14/h3-6,16H,7-11H2,1-2H3. The van der Waals surface area contributed by atoms with E-state index in [4.69, 9.17) is 0 Å². The van der Waals surface area contributed by atoms with Crippen LogP contribution < -0.4 is 5.32 Å². The van der Waals surface area contributed by atoms with Crippen molar-refractivity contribution in [2.45, 2.75) is 38.0 Å². The minimum atomic E-state index is 0.443. The van der Waals surface area contributed by atoms with Crippen molar-refractivity contribution in [1.29, 1.82) is 0 Å². The average Bonchev–Trinajstić information content (AvgIpc) is 2.98. The summed E-state index contributed by atoms with van der Waals surface area (Å²) in [6.45, 7) is 3.30. The Morgan fingerprint density at radius 1 is 1.12 bits per heavy atom. The second-order valence-electron chi connectivity index (χ2n) is 6.03. The van der Waals surface area contributed by atoms with Crippen LogP contribution in [-0.4, -0.2) is 13.6 Å². The van der Waals surface area contributed by atoms with E-state index in [2.05, 4.69) is 43.6 Å². The molecule has 0 atom stereocenters. The Kier molecular flexibility index (Phi) is 2.16. The molecule has 1 aromatic rings. The van der Waals surface area contributed by atoms with Gasteiger partial charge >= 0.3 is 0 Å². The molecule has 2 aliphatic rings. The van der Waals surface area contributed by atoms with Crippen molar-refractivity contribution in [3.63, 3.8) is 0 Å². The number of rotatable bonds is 3. The van der Waals surface area contributed by atoms with Crippen LogP contribution in [0, 0.1) is 12.3 Å². The van der Waals surface area contributed by atoms with Crippen molar-refractivity contribution in [2.75, 3.05) is 13.6 Å². The fraction of sp³-hybridized carbons (Fsp3) is 0.600. The first-order valence-electron chi connectivity index (χ1n) is 6.40. The van der Waals surface area contributed by atoms with E-state index < -0.39 is 0 Å². The van der Waals surface area contributed by atoms with Crippen LogP contribution >= 0.6 is 0 Å². The second kappa shape index (κ2) is 3.33. The van der Waals surface area contributed by atoms with Gasteiger partial charge < -0.3 is 5.32 Å². The maximum Gasteiger partial charge on any atom is 0.00882 e. The lowest BCUT2D eigenvalue weighted by Crippen LogP contribution is -2.49. The van der Waals surface area contributed by atoms with Gasteiger partial charge in [-0.25, -0.2) is 0 Å². The first-order valence-corrected chi connectivity index (χ1v) is 6.40. The van der Waals surface area contributed by atoms with Gasteiger partial charge in [0, 0.05) is 12.0 Å². The summed E-state index contributed by atoms with van der Waals surface area (Å²) in [5.41, 5.74) is 4.12. The lowest BCUT2D eigenvalue weighted by atomic mass is 9.56. The van der Waals surface area contributed by atoms with Gasteiger partial charge in [-0.15, -0.1) is 0 Å². The van der Waals surface area contributed by atoms with Gasteiger partial charge in [0.05, 0.1) is 0 Å². The van der Waals surface area contributed by atoms with Gasteiger partial charge in [0.15, 0.2) is 0 Å². The molecule has 0 unspecified atom stereocenters. The van der Waals surface area contributed by atoms with Gasteiger partial charge in [-0.05, 0) is 50.6 Å². The molecule has 2 saturated carbocycles. The molecule has 0 bridgehead atoms. The Morgan fingerprint density at radius 3 is 2.25 bits per heavy atom. The van der Waals surface area contributed by atoms with Crippen LogP contribution in [-0.2, 0) is 5.41 Å². The monoisotopic (exact) mass is 215 g/mol. The average molecular weight is 215 g/mol. The molecule has 0 radical (unpaired) electrons. The first-order chi connectivity index (χ1) is 7.68. The molecule has 1 N–H and O–H groups in total. The van der Waals surface area contributed by atoms with E-state index >= 15 is 0 Å². The molecular formula is C15H21N. The van der Waals surface area contributed by atoms with E-state index in [-0.39, 0.29) is 0 Å². The molecule has 16 heavy (non-hydrogen) atoms. The van der Waals surface area contributed by atoms with Gasteiger partial charge in [0.25, 0.3) is 0 Å². The summed E-state index contributed by atoms with van der Waals surface area (Å²) in [7, 11) is 2.08. The second-order valence-corrected chi connectivity index (χ2v) is 6.03. The Balaban J connectivity index is 1.86. The third-order valence-electron chi connectivity index (χ3n) is 4.56. The van der Waals surface area contributed by atoms with E-state index in [1.807, 2.05) is 0 Å². The molecule has 1 heteroatoms. The van der Waals surface area contributed by atoms with Gasteiger partial charge in [-0.2, -0.15) is 0 Å². The predicted octanol–water partition coefficient (Wildman–Crippen LogP) is 3.03. The molecular weight excluding hydrogens is 194 g/mol. The molecule has 86 valence electrons. The van der Waals surface area contributed by atoms with Crippen molar-refractivity contribution >= 4 is 0 Å². The van der Waals surface area contributed by atoms with Crippen molar-refractivity contribution in [2.24, 2.45) is 5.41 Å². The van der Waals surface area contributed by atoms with E-state index in [1.54, 1.807) is 5.56 Å².